The number of hydrogen-bond donors (Lipinski definition) is 2. The van der Waals surface area contributed by atoms with Crippen LogP contribution in [0.15, 0.2) is 0 Å². The molecule has 0 saturated heterocycles. The first kappa shape index (κ1) is 15.8. The van der Waals surface area contributed by atoms with Crippen LogP contribution in [0.4, 0.5) is 0 Å². The second kappa shape index (κ2) is 8.93. The van der Waals surface area contributed by atoms with Crippen LogP contribution < -0.4 is 0 Å². The topological polar surface area (TPSA) is 49.7 Å². The minimum atomic E-state index is -0.351. The van der Waals surface area contributed by atoms with Crippen molar-refractivity contribution >= 4 is 0 Å². The van der Waals surface area contributed by atoms with Crippen molar-refractivity contribution in [1.82, 2.24) is 0 Å². The van der Waals surface area contributed by atoms with Crippen LogP contribution in [-0.2, 0) is 4.74 Å². The molecule has 0 spiro atoms. The van der Waals surface area contributed by atoms with Crippen molar-refractivity contribution in [1.29, 1.82) is 0 Å². The first-order valence-electron chi connectivity index (χ1n) is 5.94. The molecule has 0 aromatic carbocycles. The Morgan fingerprint density at radius 3 is 1.47 bits per heavy atom. The van der Waals surface area contributed by atoms with Crippen molar-refractivity contribution in [3.8, 4) is 24.1 Å². The molecule has 0 amide bonds. The number of hydrogen-bond acceptors (Lipinski definition) is 3. The van der Waals surface area contributed by atoms with Crippen LogP contribution in [0.3, 0.4) is 0 Å². The van der Waals surface area contributed by atoms with E-state index in [1.165, 1.54) is 0 Å². The van der Waals surface area contributed by atoms with Gasteiger partial charge in [-0.1, -0.05) is 25.7 Å². The largest absolute Gasteiger partial charge is 0.393 e. The molecule has 0 aliphatic rings. The molecule has 17 heavy (non-hydrogen) atoms. The number of aliphatic hydroxyl groups is 2. The summed E-state index contributed by atoms with van der Waals surface area (Å²) in [5.41, 5.74) is 0. The van der Waals surface area contributed by atoms with E-state index in [9.17, 15) is 0 Å². The lowest BCUT2D eigenvalue weighted by atomic mass is 10.1. The summed E-state index contributed by atoms with van der Waals surface area (Å²) in [6.45, 7) is 7.31. The van der Waals surface area contributed by atoms with E-state index in [1.54, 1.807) is 13.8 Å². The lowest BCUT2D eigenvalue weighted by molar-refractivity contribution is 0.173. The van der Waals surface area contributed by atoms with Crippen LogP contribution >= 0.6 is 0 Å². The Labute approximate surface area is 104 Å². The molecule has 0 bridgehead atoms. The Balaban J connectivity index is 3.90. The quantitative estimate of drug-likeness (QED) is 0.733. The van der Waals surface area contributed by atoms with Gasteiger partial charge < -0.3 is 14.9 Å². The summed E-state index contributed by atoms with van der Waals surface area (Å²) in [5.74, 6) is 5.87. The van der Waals surface area contributed by atoms with Crippen LogP contribution in [0.1, 0.15) is 40.5 Å². The zero-order valence-electron chi connectivity index (χ0n) is 11.0. The second-order valence-electron chi connectivity index (χ2n) is 4.57. The van der Waals surface area contributed by atoms with Gasteiger partial charge in [0.1, 0.15) is 12.2 Å². The normalized spacial score (nSPS) is 16.6. The van der Waals surface area contributed by atoms with Gasteiger partial charge in [-0.3, -0.25) is 0 Å². The van der Waals surface area contributed by atoms with E-state index < -0.39 is 0 Å². The molecule has 0 rings (SSSR count). The summed E-state index contributed by atoms with van der Waals surface area (Å²) in [6, 6.07) is 0. The van der Waals surface area contributed by atoms with Crippen molar-refractivity contribution in [2.24, 2.45) is 11.8 Å². The van der Waals surface area contributed by atoms with Gasteiger partial charge in [0.2, 0.25) is 0 Å². The Morgan fingerprint density at radius 2 is 1.18 bits per heavy atom. The average molecular weight is 238 g/mol. The third kappa shape index (κ3) is 11.1. The molecule has 3 heteroatoms. The fourth-order valence-corrected chi connectivity index (χ4v) is 1.43. The van der Waals surface area contributed by atoms with Crippen LogP contribution in [0, 0.1) is 35.9 Å². The molecule has 96 valence electrons. The predicted molar refractivity (Wildman–Crippen MR) is 67.6 cm³/mol. The van der Waals surface area contributed by atoms with Gasteiger partial charge in [0.05, 0.1) is 12.2 Å². The van der Waals surface area contributed by atoms with E-state index in [1.807, 2.05) is 13.8 Å². The predicted octanol–water partition coefficient (Wildman–Crippen LogP) is 1.74. The van der Waals surface area contributed by atoms with Gasteiger partial charge >= 0.3 is 0 Å². The Hall–Kier alpha value is -1.16. The number of aliphatic hydroxyl groups excluding tert-OH is 2. The van der Waals surface area contributed by atoms with E-state index >= 15 is 0 Å². The standard InChI is InChI=1S/C14H22O3/c1-11(9-13(3)15)5-7-17-8-6-12(2)10-14(4)16/h11-16H,9-10H2,1-4H3. The summed E-state index contributed by atoms with van der Waals surface area (Å²) >= 11 is 0. The van der Waals surface area contributed by atoms with E-state index in [2.05, 4.69) is 24.1 Å². The first-order valence-corrected chi connectivity index (χ1v) is 5.94. The molecular formula is C14H22O3. The van der Waals surface area contributed by atoms with E-state index in [0.717, 1.165) is 0 Å². The monoisotopic (exact) mass is 238 g/mol. The minimum Gasteiger partial charge on any atom is -0.393 e. The third-order valence-corrected chi connectivity index (χ3v) is 2.10. The number of ether oxygens (including phenoxy) is 1. The van der Waals surface area contributed by atoms with Crippen LogP contribution in [0.25, 0.3) is 0 Å². The first-order chi connectivity index (χ1) is 7.91. The molecule has 0 aliphatic heterocycles. The highest BCUT2D eigenvalue weighted by Crippen LogP contribution is 2.04. The van der Waals surface area contributed by atoms with Crippen LogP contribution in [-0.4, -0.2) is 22.4 Å². The molecule has 0 aromatic heterocycles. The second-order valence-corrected chi connectivity index (χ2v) is 4.57. The fourth-order valence-electron chi connectivity index (χ4n) is 1.43. The summed E-state index contributed by atoms with van der Waals surface area (Å²) < 4.78 is 4.85. The van der Waals surface area contributed by atoms with Crippen molar-refractivity contribution in [2.45, 2.75) is 52.7 Å². The Bertz CT molecular complexity index is 280. The molecule has 0 radical (unpaired) electrons. The lowest BCUT2D eigenvalue weighted by Crippen LogP contribution is -2.05. The Kier molecular flexibility index (Phi) is 8.32. The highest BCUT2D eigenvalue weighted by Gasteiger charge is 2.02. The van der Waals surface area contributed by atoms with Crippen LogP contribution in [0.5, 0.6) is 0 Å². The summed E-state index contributed by atoms with van der Waals surface area (Å²) in [6.07, 6.45) is 5.56. The summed E-state index contributed by atoms with van der Waals surface area (Å²) in [4.78, 5) is 0. The van der Waals surface area contributed by atoms with Gasteiger partial charge in [-0.05, 0) is 26.7 Å². The molecule has 0 aliphatic carbocycles. The third-order valence-electron chi connectivity index (χ3n) is 2.10. The maximum atomic E-state index is 9.12. The average Bonchev–Trinajstić information content (AvgIpc) is 2.14. The maximum Gasteiger partial charge on any atom is 0.130 e. The number of rotatable bonds is 4. The summed E-state index contributed by atoms with van der Waals surface area (Å²) in [7, 11) is 0. The minimum absolute atomic E-state index is 0.0895. The smallest absolute Gasteiger partial charge is 0.130 e. The van der Waals surface area contributed by atoms with Gasteiger partial charge in [-0.25, -0.2) is 0 Å². The molecule has 0 saturated carbocycles. The lowest BCUT2D eigenvalue weighted by Gasteiger charge is -2.05. The zero-order chi connectivity index (χ0) is 13.3. The van der Waals surface area contributed by atoms with Crippen molar-refractivity contribution in [2.75, 3.05) is 0 Å². The molecule has 2 N–H and O–H groups in total. The fraction of sp³-hybridized carbons (Fsp3) is 0.714. The van der Waals surface area contributed by atoms with Gasteiger partial charge in [-0.15, -0.1) is 0 Å². The van der Waals surface area contributed by atoms with Gasteiger partial charge in [0, 0.05) is 11.8 Å². The molecular weight excluding hydrogens is 216 g/mol. The highest BCUT2D eigenvalue weighted by atomic mass is 16.5. The van der Waals surface area contributed by atoms with Crippen molar-refractivity contribution in [3.63, 3.8) is 0 Å². The van der Waals surface area contributed by atoms with Crippen molar-refractivity contribution in [3.05, 3.63) is 0 Å². The molecule has 0 heterocycles. The SMILES string of the molecule is CC(O)CC(C)C#COC#CC(C)CC(C)O. The summed E-state index contributed by atoms with van der Waals surface area (Å²) in [5, 5.41) is 18.2. The van der Waals surface area contributed by atoms with Gasteiger partial charge in [-0.2, -0.15) is 0 Å². The molecule has 3 nitrogen and oxygen atoms in total. The Morgan fingerprint density at radius 1 is 0.824 bits per heavy atom. The molecule has 4 atom stereocenters. The molecule has 0 aromatic rings. The molecule has 4 unspecified atom stereocenters. The van der Waals surface area contributed by atoms with E-state index in [-0.39, 0.29) is 24.0 Å². The molecule has 0 fully saturated rings. The van der Waals surface area contributed by atoms with Crippen LogP contribution in [0.2, 0.25) is 0 Å². The van der Waals surface area contributed by atoms with Crippen molar-refractivity contribution < 1.29 is 14.9 Å². The van der Waals surface area contributed by atoms with Gasteiger partial charge in [0.25, 0.3) is 0 Å². The van der Waals surface area contributed by atoms with E-state index in [4.69, 9.17) is 14.9 Å². The highest BCUT2D eigenvalue weighted by molar-refractivity contribution is 5.03. The van der Waals surface area contributed by atoms with E-state index in [0.29, 0.717) is 12.8 Å². The van der Waals surface area contributed by atoms with Gasteiger partial charge in [0.15, 0.2) is 0 Å². The zero-order valence-corrected chi connectivity index (χ0v) is 11.0. The maximum absolute atomic E-state index is 9.12.